The fourth-order valence-electron chi connectivity index (χ4n) is 2.52. The van der Waals surface area contributed by atoms with Crippen molar-refractivity contribution in [3.63, 3.8) is 0 Å². The van der Waals surface area contributed by atoms with Crippen molar-refractivity contribution in [3.05, 3.63) is 65.2 Å². The number of halogens is 3. The Kier molecular flexibility index (Phi) is 6.81. The van der Waals surface area contributed by atoms with Gasteiger partial charge in [0, 0.05) is 13.1 Å². The number of hydrogen-bond acceptors (Lipinski definition) is 4. The van der Waals surface area contributed by atoms with Crippen LogP contribution in [0, 0.1) is 0 Å². The van der Waals surface area contributed by atoms with Gasteiger partial charge < -0.3 is 14.9 Å². The number of hydrogen-bond donors (Lipinski definition) is 2. The lowest BCUT2D eigenvalue weighted by molar-refractivity contribution is -0.137. The van der Waals surface area contributed by atoms with Crippen molar-refractivity contribution in [2.24, 2.45) is 0 Å². The molecule has 146 valence electrons. The van der Waals surface area contributed by atoms with Crippen LogP contribution >= 0.6 is 0 Å². The van der Waals surface area contributed by atoms with E-state index in [1.54, 1.807) is 30.1 Å². The van der Waals surface area contributed by atoms with Crippen molar-refractivity contribution >= 4 is 5.97 Å². The molecule has 0 saturated heterocycles. The summed E-state index contributed by atoms with van der Waals surface area (Å²) in [5, 5.41) is 19.0. The quantitative estimate of drug-likeness (QED) is 0.732. The summed E-state index contributed by atoms with van der Waals surface area (Å²) < 4.78 is 42.8. The minimum absolute atomic E-state index is 0.0785. The van der Waals surface area contributed by atoms with E-state index in [0.717, 1.165) is 17.7 Å². The molecule has 0 bridgehead atoms. The highest BCUT2D eigenvalue weighted by Crippen LogP contribution is 2.30. The van der Waals surface area contributed by atoms with Crippen molar-refractivity contribution in [3.8, 4) is 5.75 Å². The molecule has 2 aromatic carbocycles. The predicted octanol–water partition coefficient (Wildman–Crippen LogP) is 3.28. The Morgan fingerprint density at radius 2 is 1.85 bits per heavy atom. The van der Waals surface area contributed by atoms with Gasteiger partial charge in [0.15, 0.2) is 0 Å². The highest BCUT2D eigenvalue weighted by atomic mass is 19.4. The van der Waals surface area contributed by atoms with E-state index in [4.69, 9.17) is 9.84 Å². The first kappa shape index (κ1) is 20.7. The van der Waals surface area contributed by atoms with Crippen LogP contribution < -0.4 is 4.74 Å². The fraction of sp³-hybridized carbons (Fsp3) is 0.316. The maximum atomic E-state index is 12.5. The molecular formula is C19H20F3NO4. The second-order valence-electron chi connectivity index (χ2n) is 6.19. The summed E-state index contributed by atoms with van der Waals surface area (Å²) in [5.41, 5.74) is 0.207. The van der Waals surface area contributed by atoms with E-state index in [2.05, 4.69) is 0 Å². The van der Waals surface area contributed by atoms with Gasteiger partial charge in [0.2, 0.25) is 0 Å². The summed E-state index contributed by atoms with van der Waals surface area (Å²) in [4.78, 5) is 12.8. The van der Waals surface area contributed by atoms with E-state index >= 15 is 0 Å². The Morgan fingerprint density at radius 3 is 2.44 bits per heavy atom. The second kappa shape index (κ2) is 8.88. The van der Waals surface area contributed by atoms with E-state index in [9.17, 15) is 23.1 Å². The Hall–Kier alpha value is -2.58. The lowest BCUT2D eigenvalue weighted by atomic mass is 10.1. The van der Waals surface area contributed by atoms with Crippen molar-refractivity contribution in [2.45, 2.75) is 18.8 Å². The third kappa shape index (κ3) is 6.58. The molecule has 5 nitrogen and oxygen atoms in total. The standard InChI is InChI=1S/C19H20F3NO4/c1-23(10-13-3-2-4-14(9-13)18(25)26)11-16(24)12-27-17-7-5-15(6-8-17)19(20,21)22/h2-9,16,24H,10-12H2,1H3,(H,25,26). The number of aromatic carboxylic acids is 1. The summed E-state index contributed by atoms with van der Waals surface area (Å²) in [6.07, 6.45) is -5.27. The van der Waals surface area contributed by atoms with E-state index in [-0.39, 0.29) is 24.5 Å². The van der Waals surface area contributed by atoms with Gasteiger partial charge in [-0.2, -0.15) is 13.2 Å². The molecule has 0 aliphatic heterocycles. The minimum atomic E-state index is -4.40. The van der Waals surface area contributed by atoms with Crippen LogP contribution in [0.4, 0.5) is 13.2 Å². The molecule has 8 heteroatoms. The first-order valence-corrected chi connectivity index (χ1v) is 8.14. The van der Waals surface area contributed by atoms with Crippen LogP contribution in [-0.2, 0) is 12.7 Å². The van der Waals surface area contributed by atoms with Gasteiger partial charge >= 0.3 is 12.1 Å². The number of aliphatic hydroxyl groups is 1. The van der Waals surface area contributed by atoms with Crippen LogP contribution in [0.2, 0.25) is 0 Å². The number of alkyl halides is 3. The van der Waals surface area contributed by atoms with Gasteiger partial charge in [-0.15, -0.1) is 0 Å². The first-order chi connectivity index (χ1) is 12.6. The van der Waals surface area contributed by atoms with Crippen molar-refractivity contribution in [2.75, 3.05) is 20.2 Å². The average Bonchev–Trinajstić information content (AvgIpc) is 2.59. The lowest BCUT2D eigenvalue weighted by Crippen LogP contribution is -2.32. The number of rotatable bonds is 8. The molecule has 1 atom stereocenters. The first-order valence-electron chi connectivity index (χ1n) is 8.14. The molecule has 0 aliphatic carbocycles. The summed E-state index contributed by atoms with van der Waals surface area (Å²) in [6.45, 7) is 0.598. The smallest absolute Gasteiger partial charge is 0.416 e. The average molecular weight is 383 g/mol. The zero-order valence-corrected chi connectivity index (χ0v) is 14.6. The zero-order chi connectivity index (χ0) is 20.0. The molecule has 0 fully saturated rings. The van der Waals surface area contributed by atoms with Gasteiger partial charge in [-0.25, -0.2) is 4.79 Å². The molecule has 27 heavy (non-hydrogen) atoms. The molecule has 0 amide bonds. The van der Waals surface area contributed by atoms with Gasteiger partial charge in [-0.3, -0.25) is 4.90 Å². The fourth-order valence-corrected chi connectivity index (χ4v) is 2.52. The van der Waals surface area contributed by atoms with Crippen LogP contribution in [0.25, 0.3) is 0 Å². The molecule has 0 aromatic heterocycles. The normalized spacial score (nSPS) is 12.8. The third-order valence-corrected chi connectivity index (χ3v) is 3.77. The van der Waals surface area contributed by atoms with Crippen LogP contribution in [0.1, 0.15) is 21.5 Å². The molecule has 2 aromatic rings. The van der Waals surface area contributed by atoms with E-state index < -0.39 is 23.8 Å². The molecule has 0 aliphatic rings. The van der Waals surface area contributed by atoms with Crippen molar-refractivity contribution < 1.29 is 32.9 Å². The van der Waals surface area contributed by atoms with Crippen LogP contribution in [-0.4, -0.2) is 47.4 Å². The summed E-state index contributed by atoms with van der Waals surface area (Å²) in [5.74, 6) is -0.775. The number of carbonyl (C=O) groups is 1. The Balaban J connectivity index is 1.82. The molecule has 0 spiro atoms. The van der Waals surface area contributed by atoms with Gasteiger partial charge in [0.25, 0.3) is 0 Å². The topological polar surface area (TPSA) is 70.0 Å². The highest BCUT2D eigenvalue weighted by molar-refractivity contribution is 5.87. The van der Waals surface area contributed by atoms with Crippen LogP contribution in [0.15, 0.2) is 48.5 Å². The zero-order valence-electron chi connectivity index (χ0n) is 14.6. The number of carboxylic acid groups (broad SMARTS) is 1. The number of likely N-dealkylation sites (N-methyl/N-ethyl adjacent to an activating group) is 1. The van der Waals surface area contributed by atoms with Gasteiger partial charge in [0.1, 0.15) is 18.5 Å². The molecule has 0 heterocycles. The molecule has 2 rings (SSSR count). The number of carboxylic acids is 1. The van der Waals surface area contributed by atoms with Crippen LogP contribution in [0.5, 0.6) is 5.75 Å². The number of benzene rings is 2. The molecule has 2 N–H and O–H groups in total. The number of ether oxygens (including phenoxy) is 1. The Labute approximate surface area is 154 Å². The third-order valence-electron chi connectivity index (χ3n) is 3.77. The maximum Gasteiger partial charge on any atom is 0.416 e. The Morgan fingerprint density at radius 1 is 1.19 bits per heavy atom. The molecule has 0 saturated carbocycles. The minimum Gasteiger partial charge on any atom is -0.491 e. The monoisotopic (exact) mass is 383 g/mol. The van der Waals surface area contributed by atoms with E-state index in [1.165, 1.54) is 18.2 Å². The summed E-state index contributed by atoms with van der Waals surface area (Å²) in [7, 11) is 1.76. The van der Waals surface area contributed by atoms with E-state index in [0.29, 0.717) is 6.54 Å². The predicted molar refractivity (Wildman–Crippen MR) is 92.7 cm³/mol. The maximum absolute atomic E-state index is 12.5. The summed E-state index contributed by atoms with van der Waals surface area (Å²) >= 11 is 0. The lowest BCUT2D eigenvalue weighted by Gasteiger charge is -2.21. The van der Waals surface area contributed by atoms with Gasteiger partial charge in [-0.1, -0.05) is 12.1 Å². The van der Waals surface area contributed by atoms with Gasteiger partial charge in [0.05, 0.1) is 11.1 Å². The van der Waals surface area contributed by atoms with E-state index in [1.807, 2.05) is 0 Å². The van der Waals surface area contributed by atoms with Gasteiger partial charge in [-0.05, 0) is 49.0 Å². The highest BCUT2D eigenvalue weighted by Gasteiger charge is 2.30. The number of aliphatic hydroxyl groups excluding tert-OH is 1. The number of nitrogens with zero attached hydrogens (tertiary/aromatic N) is 1. The van der Waals surface area contributed by atoms with Crippen molar-refractivity contribution in [1.82, 2.24) is 4.90 Å². The van der Waals surface area contributed by atoms with Crippen LogP contribution in [0.3, 0.4) is 0 Å². The summed E-state index contributed by atoms with van der Waals surface area (Å²) in [6, 6.07) is 10.7. The SMILES string of the molecule is CN(Cc1cccc(C(=O)O)c1)CC(O)COc1ccc(C(F)(F)F)cc1. The van der Waals surface area contributed by atoms with Crippen molar-refractivity contribution in [1.29, 1.82) is 0 Å². The molecule has 0 radical (unpaired) electrons. The molecule has 1 unspecified atom stereocenters. The Bertz CT molecular complexity index is 762. The second-order valence-corrected chi connectivity index (χ2v) is 6.19. The largest absolute Gasteiger partial charge is 0.491 e. The molecular weight excluding hydrogens is 363 g/mol.